The predicted octanol–water partition coefficient (Wildman–Crippen LogP) is -1.67. The minimum absolute atomic E-state index is 0.101. The van der Waals surface area contributed by atoms with Gasteiger partial charge in [-0.3, -0.25) is 4.79 Å². The fraction of sp³-hybridized carbons (Fsp3) is 0.800. The van der Waals surface area contributed by atoms with Crippen molar-refractivity contribution in [2.45, 2.75) is 0 Å². The Bertz CT molecular complexity index is 115. The Balaban J connectivity index is 2.39. The first-order valence-corrected chi connectivity index (χ1v) is 3.03. The number of amides is 1. The average Bonchev–Trinajstić information content (AvgIpc) is 1.89. The number of nitrogens with one attached hydrogen (secondary N) is 1. The van der Waals surface area contributed by atoms with Crippen LogP contribution in [0.25, 0.3) is 0 Å². The van der Waals surface area contributed by atoms with E-state index in [1.165, 1.54) is 0 Å². The smallest absolute Gasteiger partial charge is 0.237 e. The van der Waals surface area contributed by atoms with Crippen LogP contribution in [0.4, 0.5) is 0 Å². The first-order valence-electron chi connectivity index (χ1n) is 3.03. The predicted molar refractivity (Wildman–Crippen MR) is 33.6 cm³/mol. The van der Waals surface area contributed by atoms with Crippen LogP contribution >= 0.6 is 0 Å². The number of carbonyl (C=O) groups excluding carboxylic acids is 1. The Morgan fingerprint density at radius 2 is 2.56 bits per heavy atom. The van der Waals surface area contributed by atoms with Gasteiger partial charge in [-0.15, -0.1) is 0 Å². The van der Waals surface area contributed by atoms with Crippen molar-refractivity contribution in [2.75, 3.05) is 26.3 Å². The van der Waals surface area contributed by atoms with E-state index < -0.39 is 0 Å². The number of hydrogen-bond acceptors (Lipinski definition) is 3. The molecule has 0 unspecified atom stereocenters. The molecule has 1 rings (SSSR count). The van der Waals surface area contributed by atoms with Gasteiger partial charge in [-0.2, -0.15) is 0 Å². The maximum atomic E-state index is 10.8. The Morgan fingerprint density at radius 1 is 1.78 bits per heavy atom. The van der Waals surface area contributed by atoms with Gasteiger partial charge in [-0.1, -0.05) is 0 Å². The summed E-state index contributed by atoms with van der Waals surface area (Å²) in [4.78, 5) is 12.4. The van der Waals surface area contributed by atoms with Crippen LogP contribution in [0, 0.1) is 0 Å². The van der Waals surface area contributed by atoms with Crippen LogP contribution in [0.1, 0.15) is 0 Å². The van der Waals surface area contributed by atoms with E-state index in [0.29, 0.717) is 13.2 Å². The molecule has 3 N–H and O–H groups in total. The van der Waals surface area contributed by atoms with E-state index >= 15 is 0 Å². The molecule has 0 radical (unpaired) electrons. The van der Waals surface area contributed by atoms with Gasteiger partial charge in [0.05, 0.1) is 13.2 Å². The molecule has 0 aromatic rings. The Kier molecular flexibility index (Phi) is 2.02. The van der Waals surface area contributed by atoms with Gasteiger partial charge in [0.2, 0.25) is 5.91 Å². The zero-order chi connectivity index (χ0) is 6.69. The van der Waals surface area contributed by atoms with Crippen LogP contribution < -0.4 is 11.1 Å². The molecule has 0 aliphatic carbocycles. The molecule has 1 saturated heterocycles. The minimum atomic E-state index is 0.101. The fourth-order valence-electron chi connectivity index (χ4n) is 0.839. The van der Waals surface area contributed by atoms with E-state index in [9.17, 15) is 4.79 Å². The lowest BCUT2D eigenvalue weighted by atomic mass is 10.4. The lowest BCUT2D eigenvalue weighted by molar-refractivity contribution is -0.131. The molecule has 52 valence electrons. The van der Waals surface area contributed by atoms with Crippen molar-refractivity contribution in [3.05, 3.63) is 0 Å². The maximum absolute atomic E-state index is 10.8. The van der Waals surface area contributed by atoms with Crippen LogP contribution in [0.2, 0.25) is 0 Å². The third kappa shape index (κ3) is 1.40. The van der Waals surface area contributed by atoms with E-state index in [2.05, 4.69) is 5.32 Å². The zero-order valence-corrected chi connectivity index (χ0v) is 5.26. The summed E-state index contributed by atoms with van der Waals surface area (Å²) in [6, 6.07) is 0. The van der Waals surface area contributed by atoms with Crippen LogP contribution in [-0.2, 0) is 4.79 Å². The minimum Gasteiger partial charge on any atom is -0.328 e. The molecule has 0 bridgehead atoms. The molecular formula is C5H11N3O. The largest absolute Gasteiger partial charge is 0.328 e. The molecule has 4 nitrogen and oxygen atoms in total. The fourth-order valence-corrected chi connectivity index (χ4v) is 0.839. The second-order valence-corrected chi connectivity index (χ2v) is 2.02. The van der Waals surface area contributed by atoms with Crippen molar-refractivity contribution in [2.24, 2.45) is 5.73 Å². The summed E-state index contributed by atoms with van der Waals surface area (Å²) in [6.07, 6.45) is 0. The zero-order valence-electron chi connectivity index (χ0n) is 5.26. The number of nitrogens with two attached hydrogens (primary N) is 1. The topological polar surface area (TPSA) is 58.4 Å². The highest BCUT2D eigenvalue weighted by Crippen LogP contribution is 1.89. The molecule has 0 aromatic carbocycles. The van der Waals surface area contributed by atoms with Gasteiger partial charge in [-0.05, 0) is 0 Å². The third-order valence-electron chi connectivity index (χ3n) is 1.41. The number of carbonyl (C=O) groups is 1. The molecule has 0 atom stereocenters. The molecule has 0 aromatic heterocycles. The summed E-state index contributed by atoms with van der Waals surface area (Å²) >= 11 is 0. The average molecular weight is 129 g/mol. The van der Waals surface area contributed by atoms with Crippen molar-refractivity contribution >= 4 is 5.91 Å². The van der Waals surface area contributed by atoms with E-state index in [0.717, 1.165) is 13.1 Å². The summed E-state index contributed by atoms with van der Waals surface area (Å²) in [5, 5.41) is 2.95. The number of rotatable bonds is 1. The molecular weight excluding hydrogens is 118 g/mol. The molecule has 1 aliphatic heterocycles. The molecule has 1 aliphatic rings. The van der Waals surface area contributed by atoms with Crippen molar-refractivity contribution in [3.63, 3.8) is 0 Å². The summed E-state index contributed by atoms with van der Waals surface area (Å²) in [5.74, 6) is 0.101. The monoisotopic (exact) mass is 129 g/mol. The van der Waals surface area contributed by atoms with Gasteiger partial charge in [-0.25, -0.2) is 0 Å². The number of hydrogen-bond donors (Lipinski definition) is 2. The van der Waals surface area contributed by atoms with Gasteiger partial charge in [0.15, 0.2) is 0 Å². The molecule has 1 fully saturated rings. The van der Waals surface area contributed by atoms with Crippen LogP contribution in [0.3, 0.4) is 0 Å². The Hall–Kier alpha value is -0.610. The van der Waals surface area contributed by atoms with Gasteiger partial charge in [0.25, 0.3) is 0 Å². The lowest BCUT2D eigenvalue weighted by Gasteiger charge is -2.25. The number of piperazine rings is 1. The van der Waals surface area contributed by atoms with Crippen LogP contribution in [0.15, 0.2) is 0 Å². The van der Waals surface area contributed by atoms with Crippen molar-refractivity contribution < 1.29 is 4.79 Å². The second kappa shape index (κ2) is 2.80. The molecule has 4 heteroatoms. The van der Waals surface area contributed by atoms with Gasteiger partial charge >= 0.3 is 0 Å². The van der Waals surface area contributed by atoms with E-state index in [1.807, 2.05) is 0 Å². The Labute approximate surface area is 54.0 Å². The maximum Gasteiger partial charge on any atom is 0.237 e. The van der Waals surface area contributed by atoms with Crippen LogP contribution in [0.5, 0.6) is 0 Å². The van der Waals surface area contributed by atoms with Gasteiger partial charge < -0.3 is 16.0 Å². The SMILES string of the molecule is NCN1CCNCC1=O. The van der Waals surface area contributed by atoms with Crippen LogP contribution in [-0.4, -0.2) is 37.1 Å². The summed E-state index contributed by atoms with van der Waals surface area (Å²) in [7, 11) is 0. The molecule has 1 heterocycles. The highest BCUT2D eigenvalue weighted by Gasteiger charge is 2.14. The van der Waals surface area contributed by atoms with Crippen molar-refractivity contribution in [1.82, 2.24) is 10.2 Å². The lowest BCUT2D eigenvalue weighted by Crippen LogP contribution is -2.49. The van der Waals surface area contributed by atoms with E-state index in [-0.39, 0.29) is 5.91 Å². The standard InChI is InChI=1S/C5H11N3O/c6-4-8-2-1-7-3-5(8)9/h7H,1-4,6H2. The highest BCUT2D eigenvalue weighted by atomic mass is 16.2. The molecule has 9 heavy (non-hydrogen) atoms. The second-order valence-electron chi connectivity index (χ2n) is 2.02. The normalized spacial score (nSPS) is 20.6. The molecule has 0 saturated carbocycles. The molecule has 0 spiro atoms. The quantitative estimate of drug-likeness (QED) is 0.445. The van der Waals surface area contributed by atoms with Crippen molar-refractivity contribution in [1.29, 1.82) is 0 Å². The van der Waals surface area contributed by atoms with Gasteiger partial charge in [0, 0.05) is 13.1 Å². The molecule has 1 amide bonds. The number of nitrogens with zero attached hydrogens (tertiary/aromatic N) is 1. The van der Waals surface area contributed by atoms with E-state index in [1.54, 1.807) is 4.90 Å². The van der Waals surface area contributed by atoms with Gasteiger partial charge in [0.1, 0.15) is 0 Å². The summed E-state index contributed by atoms with van der Waals surface area (Å²) in [6.45, 7) is 2.40. The third-order valence-corrected chi connectivity index (χ3v) is 1.41. The summed E-state index contributed by atoms with van der Waals surface area (Å²) < 4.78 is 0. The summed E-state index contributed by atoms with van der Waals surface area (Å²) in [5.41, 5.74) is 5.27. The first kappa shape index (κ1) is 6.51. The first-order chi connectivity index (χ1) is 4.34. The Morgan fingerprint density at radius 3 is 3.00 bits per heavy atom. The highest BCUT2D eigenvalue weighted by molar-refractivity contribution is 5.78. The van der Waals surface area contributed by atoms with E-state index in [4.69, 9.17) is 5.73 Å². The van der Waals surface area contributed by atoms with Crippen molar-refractivity contribution in [3.8, 4) is 0 Å².